The van der Waals surface area contributed by atoms with Gasteiger partial charge in [0.1, 0.15) is 11.5 Å². The van der Waals surface area contributed by atoms with Crippen molar-refractivity contribution in [2.45, 2.75) is 16.8 Å². The second kappa shape index (κ2) is 6.91. The fourth-order valence-corrected chi connectivity index (χ4v) is 2.28. The third-order valence-electron chi connectivity index (χ3n) is 2.40. The van der Waals surface area contributed by atoms with E-state index in [9.17, 15) is 13.2 Å². The molecule has 0 heterocycles. The zero-order chi connectivity index (χ0) is 14.5. The van der Waals surface area contributed by atoms with Crippen LogP contribution < -0.4 is 14.8 Å². The van der Waals surface area contributed by atoms with Gasteiger partial charge in [0.25, 0.3) is 0 Å². The van der Waals surface area contributed by atoms with Crippen LogP contribution >= 0.6 is 11.8 Å². The largest absolute Gasteiger partial charge is 0.495 e. The predicted molar refractivity (Wildman–Crippen MR) is 69.1 cm³/mol. The Morgan fingerprint density at radius 3 is 2.05 bits per heavy atom. The van der Waals surface area contributed by atoms with Crippen LogP contribution in [-0.4, -0.2) is 33.3 Å². The Balaban J connectivity index is 3.14. The summed E-state index contributed by atoms with van der Waals surface area (Å²) in [4.78, 5) is -0.0503. The third-order valence-corrected chi connectivity index (χ3v) is 3.24. The van der Waals surface area contributed by atoms with Crippen LogP contribution in [0.15, 0.2) is 17.0 Å². The SMILES string of the molecule is CNCCc1cc(OC)c(SC(F)(F)F)c(OC)c1. The number of hydrogen-bond donors (Lipinski definition) is 1. The number of thioether (sulfide) groups is 1. The van der Waals surface area contributed by atoms with Crippen molar-refractivity contribution in [3.8, 4) is 11.5 Å². The summed E-state index contributed by atoms with van der Waals surface area (Å²) in [7, 11) is 4.50. The molecule has 0 bridgehead atoms. The molecule has 1 N–H and O–H groups in total. The monoisotopic (exact) mass is 295 g/mol. The van der Waals surface area contributed by atoms with Crippen LogP contribution in [0.3, 0.4) is 0 Å². The molecule has 0 fully saturated rings. The molecule has 0 saturated heterocycles. The average molecular weight is 295 g/mol. The maximum absolute atomic E-state index is 12.5. The topological polar surface area (TPSA) is 30.5 Å². The van der Waals surface area contributed by atoms with Crippen molar-refractivity contribution in [1.82, 2.24) is 5.32 Å². The summed E-state index contributed by atoms with van der Waals surface area (Å²) in [6, 6.07) is 3.21. The fraction of sp³-hybridized carbons (Fsp3) is 0.500. The maximum atomic E-state index is 12.5. The van der Waals surface area contributed by atoms with E-state index in [1.807, 2.05) is 7.05 Å². The molecule has 0 spiro atoms. The van der Waals surface area contributed by atoms with Gasteiger partial charge in [-0.15, -0.1) is 0 Å². The van der Waals surface area contributed by atoms with E-state index in [1.54, 1.807) is 12.1 Å². The lowest BCUT2D eigenvalue weighted by Crippen LogP contribution is -2.10. The minimum atomic E-state index is -4.38. The minimum Gasteiger partial charge on any atom is -0.495 e. The van der Waals surface area contributed by atoms with Crippen molar-refractivity contribution in [2.75, 3.05) is 27.8 Å². The number of halogens is 3. The molecule has 1 aromatic carbocycles. The van der Waals surface area contributed by atoms with Crippen molar-refractivity contribution in [3.63, 3.8) is 0 Å². The van der Waals surface area contributed by atoms with Crippen molar-refractivity contribution in [1.29, 1.82) is 0 Å². The molecule has 0 amide bonds. The molecule has 108 valence electrons. The Morgan fingerprint density at radius 2 is 1.68 bits per heavy atom. The lowest BCUT2D eigenvalue weighted by Gasteiger charge is -2.16. The summed E-state index contributed by atoms with van der Waals surface area (Å²) in [6.07, 6.45) is 0.681. The highest BCUT2D eigenvalue weighted by Gasteiger charge is 2.33. The Hall–Kier alpha value is -1.08. The first-order valence-electron chi connectivity index (χ1n) is 5.56. The first-order valence-corrected chi connectivity index (χ1v) is 6.38. The lowest BCUT2D eigenvalue weighted by atomic mass is 10.1. The van der Waals surface area contributed by atoms with Gasteiger partial charge in [0.15, 0.2) is 0 Å². The van der Waals surface area contributed by atoms with E-state index in [-0.39, 0.29) is 28.2 Å². The van der Waals surface area contributed by atoms with Crippen molar-refractivity contribution < 1.29 is 22.6 Å². The second-order valence-electron chi connectivity index (χ2n) is 3.73. The predicted octanol–water partition coefficient (Wildman–Crippen LogP) is 3.08. The van der Waals surface area contributed by atoms with Gasteiger partial charge >= 0.3 is 5.51 Å². The molecule has 0 saturated carbocycles. The van der Waals surface area contributed by atoms with Gasteiger partial charge in [-0.05, 0) is 49.5 Å². The molecule has 0 aliphatic heterocycles. The molecule has 0 aromatic heterocycles. The summed E-state index contributed by atoms with van der Waals surface area (Å²) in [5.41, 5.74) is -3.53. The van der Waals surface area contributed by atoms with Crippen molar-refractivity contribution in [2.24, 2.45) is 0 Å². The molecule has 3 nitrogen and oxygen atoms in total. The first-order chi connectivity index (χ1) is 8.91. The Kier molecular flexibility index (Phi) is 5.81. The minimum absolute atomic E-state index is 0.0503. The molecule has 0 radical (unpaired) electrons. The van der Waals surface area contributed by atoms with E-state index >= 15 is 0 Å². The van der Waals surface area contributed by atoms with Crippen LogP contribution in [0.2, 0.25) is 0 Å². The molecule has 0 unspecified atom stereocenters. The van der Waals surface area contributed by atoms with Gasteiger partial charge in [-0.3, -0.25) is 0 Å². The Morgan fingerprint density at radius 1 is 1.16 bits per heavy atom. The summed E-state index contributed by atoms with van der Waals surface area (Å²) in [6.45, 7) is 0.720. The summed E-state index contributed by atoms with van der Waals surface area (Å²) in [5.74, 6) is 0.348. The standard InChI is InChI=1S/C12H16F3NO2S/c1-16-5-4-8-6-9(17-2)11(10(7-8)18-3)19-12(13,14)15/h6-7,16H,4-5H2,1-3H3. The maximum Gasteiger partial charge on any atom is 0.446 e. The smallest absolute Gasteiger partial charge is 0.446 e. The summed E-state index contributed by atoms with van der Waals surface area (Å²) in [5, 5.41) is 2.98. The molecule has 0 aliphatic carbocycles. The van der Waals surface area contributed by atoms with Gasteiger partial charge < -0.3 is 14.8 Å². The molecule has 1 aromatic rings. The average Bonchev–Trinajstić information content (AvgIpc) is 2.35. The normalized spacial score (nSPS) is 11.5. The number of alkyl halides is 3. The van der Waals surface area contributed by atoms with Crippen molar-refractivity contribution in [3.05, 3.63) is 17.7 Å². The Bertz CT molecular complexity index is 399. The zero-order valence-corrected chi connectivity index (χ0v) is 11.7. The molecule has 0 atom stereocenters. The van der Waals surface area contributed by atoms with E-state index in [4.69, 9.17) is 9.47 Å². The van der Waals surface area contributed by atoms with Gasteiger partial charge in [0, 0.05) is 0 Å². The quantitative estimate of drug-likeness (QED) is 0.817. The molecule has 0 aliphatic rings. The number of nitrogens with one attached hydrogen (secondary N) is 1. The molecule has 19 heavy (non-hydrogen) atoms. The molecule has 1 rings (SSSR count). The van der Waals surface area contributed by atoms with E-state index < -0.39 is 5.51 Å². The third kappa shape index (κ3) is 4.83. The van der Waals surface area contributed by atoms with Crippen LogP contribution in [0.5, 0.6) is 11.5 Å². The van der Waals surface area contributed by atoms with Crippen LogP contribution in [0.25, 0.3) is 0 Å². The highest BCUT2D eigenvalue weighted by Crippen LogP contribution is 2.46. The Labute approximate surface area is 114 Å². The number of methoxy groups -OCH3 is 2. The number of likely N-dealkylation sites (N-methyl/N-ethyl adjacent to an activating group) is 1. The van der Waals surface area contributed by atoms with Crippen LogP contribution in [0, 0.1) is 0 Å². The van der Waals surface area contributed by atoms with Gasteiger partial charge in [-0.1, -0.05) is 0 Å². The van der Waals surface area contributed by atoms with E-state index in [0.29, 0.717) is 6.42 Å². The van der Waals surface area contributed by atoms with Gasteiger partial charge in [0.2, 0.25) is 0 Å². The van der Waals surface area contributed by atoms with Crippen LogP contribution in [-0.2, 0) is 6.42 Å². The zero-order valence-electron chi connectivity index (χ0n) is 10.9. The highest BCUT2D eigenvalue weighted by atomic mass is 32.2. The van der Waals surface area contributed by atoms with E-state index in [1.165, 1.54) is 14.2 Å². The lowest BCUT2D eigenvalue weighted by molar-refractivity contribution is -0.0329. The van der Waals surface area contributed by atoms with Gasteiger partial charge in [-0.2, -0.15) is 13.2 Å². The first kappa shape index (κ1) is 16.0. The fourth-order valence-electron chi connectivity index (χ4n) is 1.56. The van der Waals surface area contributed by atoms with Crippen LogP contribution in [0.4, 0.5) is 13.2 Å². The number of ether oxygens (including phenoxy) is 2. The highest BCUT2D eigenvalue weighted by molar-refractivity contribution is 8.00. The van der Waals surface area contributed by atoms with E-state index in [2.05, 4.69) is 5.32 Å². The molecular formula is C12H16F3NO2S. The van der Waals surface area contributed by atoms with Crippen LogP contribution in [0.1, 0.15) is 5.56 Å². The summed E-state index contributed by atoms with van der Waals surface area (Å²) >= 11 is -0.230. The number of benzene rings is 1. The second-order valence-corrected chi connectivity index (χ2v) is 4.81. The van der Waals surface area contributed by atoms with Gasteiger partial charge in [-0.25, -0.2) is 0 Å². The van der Waals surface area contributed by atoms with Crippen molar-refractivity contribution >= 4 is 11.8 Å². The molecule has 7 heteroatoms. The van der Waals surface area contributed by atoms with Gasteiger partial charge in [0.05, 0.1) is 19.1 Å². The number of rotatable bonds is 6. The number of hydrogen-bond acceptors (Lipinski definition) is 4. The van der Waals surface area contributed by atoms with E-state index in [0.717, 1.165) is 12.1 Å². The molecular weight excluding hydrogens is 279 g/mol. The summed E-state index contributed by atoms with van der Waals surface area (Å²) < 4.78 is 47.6.